The van der Waals surface area contributed by atoms with E-state index in [1.165, 1.54) is 6.42 Å². The first-order valence-corrected chi connectivity index (χ1v) is 7.94. The molecule has 3 heteroatoms. The summed E-state index contributed by atoms with van der Waals surface area (Å²) in [5, 5.41) is 3.45. The van der Waals surface area contributed by atoms with E-state index in [2.05, 4.69) is 37.1 Å². The maximum absolute atomic E-state index is 6.38. The quantitative estimate of drug-likeness (QED) is 0.865. The van der Waals surface area contributed by atoms with Crippen molar-refractivity contribution in [1.29, 1.82) is 0 Å². The molecule has 20 heavy (non-hydrogen) atoms. The van der Waals surface area contributed by atoms with Gasteiger partial charge in [-0.05, 0) is 50.8 Å². The summed E-state index contributed by atoms with van der Waals surface area (Å²) in [4.78, 5) is 4.61. The van der Waals surface area contributed by atoms with E-state index in [9.17, 15) is 0 Å². The van der Waals surface area contributed by atoms with Crippen molar-refractivity contribution in [1.82, 2.24) is 10.3 Å². The Morgan fingerprint density at radius 2 is 2.20 bits per heavy atom. The molecular formula is C17H28N2O. The number of pyridine rings is 1. The largest absolute Gasteiger partial charge is 0.488 e. The van der Waals surface area contributed by atoms with Crippen molar-refractivity contribution in [3.8, 4) is 5.75 Å². The lowest BCUT2D eigenvalue weighted by Gasteiger charge is -2.27. The maximum atomic E-state index is 6.38. The second-order valence-electron chi connectivity index (χ2n) is 6.29. The second kappa shape index (κ2) is 7.07. The molecule has 2 rings (SSSR count). The number of hydrogen-bond donors (Lipinski definition) is 1. The van der Waals surface area contributed by atoms with Gasteiger partial charge < -0.3 is 10.1 Å². The molecule has 2 atom stereocenters. The fourth-order valence-corrected chi connectivity index (χ4v) is 2.92. The molecule has 3 nitrogen and oxygen atoms in total. The summed E-state index contributed by atoms with van der Waals surface area (Å²) < 4.78 is 6.38. The Hall–Kier alpha value is -1.09. The van der Waals surface area contributed by atoms with Gasteiger partial charge in [-0.1, -0.05) is 20.8 Å². The molecule has 112 valence electrons. The van der Waals surface area contributed by atoms with Crippen LogP contribution >= 0.6 is 0 Å². The molecule has 0 aromatic carbocycles. The van der Waals surface area contributed by atoms with Crippen molar-refractivity contribution in [3.63, 3.8) is 0 Å². The minimum absolute atomic E-state index is 0.305. The monoisotopic (exact) mass is 276 g/mol. The molecule has 1 unspecified atom stereocenters. The molecule has 0 radical (unpaired) electrons. The first kappa shape index (κ1) is 15.3. The van der Waals surface area contributed by atoms with Crippen LogP contribution in [0, 0.1) is 18.8 Å². The molecule has 0 bridgehead atoms. The van der Waals surface area contributed by atoms with Crippen LogP contribution in [0.5, 0.6) is 5.75 Å². The third kappa shape index (κ3) is 3.95. The molecular weight excluding hydrogens is 248 g/mol. The molecule has 0 aliphatic carbocycles. The van der Waals surface area contributed by atoms with E-state index in [4.69, 9.17) is 4.74 Å². The topological polar surface area (TPSA) is 34.1 Å². The fourth-order valence-electron chi connectivity index (χ4n) is 2.92. The number of aromatic nitrogens is 1. The number of aryl methyl sites for hydroxylation is 2. The number of ether oxygens (including phenoxy) is 1. The van der Waals surface area contributed by atoms with Crippen LogP contribution in [0.25, 0.3) is 0 Å². The van der Waals surface area contributed by atoms with Gasteiger partial charge in [-0.15, -0.1) is 0 Å². The molecule has 0 saturated carbocycles. The lowest BCUT2D eigenvalue weighted by molar-refractivity contribution is 0.118. The van der Waals surface area contributed by atoms with Gasteiger partial charge in [-0.25, -0.2) is 0 Å². The van der Waals surface area contributed by atoms with Crippen molar-refractivity contribution in [2.45, 2.75) is 53.1 Å². The summed E-state index contributed by atoms with van der Waals surface area (Å²) in [6, 6.07) is 4.14. The predicted octanol–water partition coefficient (Wildman–Crippen LogP) is 3.36. The van der Waals surface area contributed by atoms with Gasteiger partial charge in [0, 0.05) is 18.2 Å². The van der Waals surface area contributed by atoms with Gasteiger partial charge in [0.05, 0.1) is 5.69 Å². The van der Waals surface area contributed by atoms with Gasteiger partial charge in [-0.2, -0.15) is 0 Å². The lowest BCUT2D eigenvalue weighted by Crippen LogP contribution is -2.30. The van der Waals surface area contributed by atoms with E-state index in [1.54, 1.807) is 0 Å². The summed E-state index contributed by atoms with van der Waals surface area (Å²) in [5.74, 6) is 2.27. The van der Waals surface area contributed by atoms with E-state index >= 15 is 0 Å². The third-order valence-electron chi connectivity index (χ3n) is 4.01. The first-order chi connectivity index (χ1) is 9.60. The van der Waals surface area contributed by atoms with Crippen LogP contribution in [0.3, 0.4) is 0 Å². The van der Waals surface area contributed by atoms with Crippen LogP contribution in [-0.2, 0) is 6.42 Å². The van der Waals surface area contributed by atoms with Crippen LogP contribution in [0.15, 0.2) is 12.1 Å². The minimum atomic E-state index is 0.305. The smallest absolute Gasteiger partial charge is 0.141 e. The highest BCUT2D eigenvalue weighted by Crippen LogP contribution is 2.27. The molecule has 1 aromatic rings. The minimum Gasteiger partial charge on any atom is -0.488 e. The molecule has 1 saturated heterocycles. The molecule has 2 heterocycles. The highest BCUT2D eigenvalue weighted by Gasteiger charge is 2.27. The molecule has 1 aliphatic rings. The van der Waals surface area contributed by atoms with Crippen LogP contribution in [0.4, 0.5) is 0 Å². The van der Waals surface area contributed by atoms with Gasteiger partial charge >= 0.3 is 0 Å². The summed E-state index contributed by atoms with van der Waals surface area (Å²) in [6.45, 7) is 10.9. The SMILES string of the molecule is CCc1nc(C)ccc1OC(CC(C)C)[C@H]1CCNC1. The molecule has 0 spiro atoms. The summed E-state index contributed by atoms with van der Waals surface area (Å²) in [6.07, 6.45) is 3.57. The standard InChI is InChI=1S/C17H28N2O/c1-5-15-16(7-6-13(4)19-15)20-17(10-12(2)3)14-8-9-18-11-14/h6-7,12,14,17-18H,5,8-11H2,1-4H3/t14-,17?/m0/s1. The highest BCUT2D eigenvalue weighted by molar-refractivity contribution is 5.29. The number of hydrogen-bond acceptors (Lipinski definition) is 3. The lowest BCUT2D eigenvalue weighted by atomic mass is 9.93. The average Bonchev–Trinajstić information content (AvgIpc) is 2.93. The summed E-state index contributed by atoms with van der Waals surface area (Å²) in [5.41, 5.74) is 2.15. The van der Waals surface area contributed by atoms with Crippen LogP contribution in [0.1, 0.15) is 45.0 Å². The predicted molar refractivity (Wildman–Crippen MR) is 83.2 cm³/mol. The van der Waals surface area contributed by atoms with Crippen LogP contribution in [-0.4, -0.2) is 24.2 Å². The molecule has 0 amide bonds. The highest BCUT2D eigenvalue weighted by atomic mass is 16.5. The third-order valence-corrected chi connectivity index (χ3v) is 4.01. The van der Waals surface area contributed by atoms with Crippen molar-refractivity contribution in [3.05, 3.63) is 23.5 Å². The number of rotatable bonds is 6. The fraction of sp³-hybridized carbons (Fsp3) is 0.706. The molecule has 1 aromatic heterocycles. The average molecular weight is 276 g/mol. The second-order valence-corrected chi connectivity index (χ2v) is 6.29. The van der Waals surface area contributed by atoms with Gasteiger partial charge in [0.1, 0.15) is 11.9 Å². The Kier molecular flexibility index (Phi) is 5.41. The van der Waals surface area contributed by atoms with E-state index in [0.29, 0.717) is 17.9 Å². The molecule has 1 N–H and O–H groups in total. The van der Waals surface area contributed by atoms with E-state index in [1.807, 2.05) is 13.0 Å². The van der Waals surface area contributed by atoms with Crippen molar-refractivity contribution in [2.75, 3.05) is 13.1 Å². The zero-order valence-corrected chi connectivity index (χ0v) is 13.3. The van der Waals surface area contributed by atoms with Crippen molar-refractivity contribution >= 4 is 0 Å². The summed E-state index contributed by atoms with van der Waals surface area (Å²) in [7, 11) is 0. The van der Waals surface area contributed by atoms with E-state index in [-0.39, 0.29) is 0 Å². The Morgan fingerprint density at radius 1 is 1.40 bits per heavy atom. The normalized spacial score (nSPS) is 20.4. The Balaban J connectivity index is 2.13. The Bertz CT molecular complexity index is 425. The van der Waals surface area contributed by atoms with Gasteiger partial charge in [0.25, 0.3) is 0 Å². The molecule has 1 fully saturated rings. The van der Waals surface area contributed by atoms with Crippen LogP contribution < -0.4 is 10.1 Å². The van der Waals surface area contributed by atoms with Gasteiger partial charge in [0.15, 0.2) is 0 Å². The summed E-state index contributed by atoms with van der Waals surface area (Å²) >= 11 is 0. The first-order valence-electron chi connectivity index (χ1n) is 7.94. The van der Waals surface area contributed by atoms with Crippen molar-refractivity contribution in [2.24, 2.45) is 11.8 Å². The molecule has 1 aliphatic heterocycles. The zero-order valence-electron chi connectivity index (χ0n) is 13.3. The van der Waals surface area contributed by atoms with Gasteiger partial charge in [0.2, 0.25) is 0 Å². The van der Waals surface area contributed by atoms with E-state index < -0.39 is 0 Å². The van der Waals surface area contributed by atoms with Crippen molar-refractivity contribution < 1.29 is 4.74 Å². The number of nitrogens with one attached hydrogen (secondary N) is 1. The maximum Gasteiger partial charge on any atom is 0.141 e. The van der Waals surface area contributed by atoms with E-state index in [0.717, 1.165) is 43.1 Å². The van der Waals surface area contributed by atoms with Crippen LogP contribution in [0.2, 0.25) is 0 Å². The zero-order chi connectivity index (χ0) is 14.5. The Morgan fingerprint density at radius 3 is 2.80 bits per heavy atom. The Labute approximate surface area is 123 Å². The number of nitrogens with zero attached hydrogens (tertiary/aromatic N) is 1. The van der Waals surface area contributed by atoms with Gasteiger partial charge in [-0.3, -0.25) is 4.98 Å².